The second-order valence-corrected chi connectivity index (χ2v) is 9.34. The number of terminal acetylenes is 1. The molecular weight excluding hydrogens is 520 g/mol. The van der Waals surface area contributed by atoms with E-state index in [0.717, 1.165) is 21.8 Å². The molecule has 0 bridgehead atoms. The smallest absolute Gasteiger partial charge is 0.352 e. The molecule has 4 heterocycles. The fourth-order valence-electron chi connectivity index (χ4n) is 3.49. The molecule has 2 atom stereocenters. The molecule has 1 saturated heterocycles. The SMILES string of the molecule is C#CCON=C(C(=O)NC1C(=O)N2C(C(=O)O)=C(C=Cc3cccnc3)CS[C@@H]12)c1csc(NC=O)n1. The number of carboxylic acid groups (broad SMARTS) is 1. The van der Waals surface area contributed by atoms with Crippen molar-refractivity contribution >= 4 is 64.2 Å². The number of hydrogen-bond acceptors (Lipinski definition) is 10. The second kappa shape index (κ2) is 11.5. The number of allylic oxidation sites excluding steroid dienone is 1. The summed E-state index contributed by atoms with van der Waals surface area (Å²) in [6, 6.07) is 2.57. The molecule has 12 nitrogen and oxygen atoms in total. The van der Waals surface area contributed by atoms with Gasteiger partial charge >= 0.3 is 5.97 Å². The van der Waals surface area contributed by atoms with Gasteiger partial charge in [0.15, 0.2) is 17.5 Å². The van der Waals surface area contributed by atoms with Crippen LogP contribution in [0.3, 0.4) is 0 Å². The Hall–Kier alpha value is -4.48. The number of rotatable bonds is 10. The molecule has 1 fully saturated rings. The van der Waals surface area contributed by atoms with Crippen molar-refractivity contribution in [2.24, 2.45) is 5.16 Å². The minimum absolute atomic E-state index is 0.0951. The first kappa shape index (κ1) is 25.6. The zero-order chi connectivity index (χ0) is 26.4. The minimum Gasteiger partial charge on any atom is -0.477 e. The van der Waals surface area contributed by atoms with Crippen molar-refractivity contribution in [3.05, 3.63) is 58.5 Å². The Bertz CT molecular complexity index is 1360. The second-order valence-electron chi connectivity index (χ2n) is 7.38. The lowest BCUT2D eigenvalue weighted by molar-refractivity contribution is -0.150. The highest BCUT2D eigenvalue weighted by Crippen LogP contribution is 2.40. The third-order valence-electron chi connectivity index (χ3n) is 5.10. The summed E-state index contributed by atoms with van der Waals surface area (Å²) in [6.45, 7) is -0.211. The third-order valence-corrected chi connectivity index (χ3v) is 7.17. The summed E-state index contributed by atoms with van der Waals surface area (Å²) in [5, 5.41) is 19.6. The molecule has 14 heteroatoms. The van der Waals surface area contributed by atoms with Crippen LogP contribution < -0.4 is 10.6 Å². The Morgan fingerprint density at radius 3 is 2.95 bits per heavy atom. The number of aromatic nitrogens is 2. The molecule has 37 heavy (non-hydrogen) atoms. The summed E-state index contributed by atoms with van der Waals surface area (Å²) in [6.07, 6.45) is 12.2. The first-order valence-corrected chi connectivity index (χ1v) is 12.5. The van der Waals surface area contributed by atoms with Crippen LogP contribution in [0.1, 0.15) is 11.3 Å². The van der Waals surface area contributed by atoms with Gasteiger partial charge in [0.25, 0.3) is 11.8 Å². The molecule has 0 spiro atoms. The number of nitrogens with one attached hydrogen (secondary N) is 2. The van der Waals surface area contributed by atoms with E-state index in [1.54, 1.807) is 30.6 Å². The van der Waals surface area contributed by atoms with Gasteiger partial charge in [0.1, 0.15) is 22.8 Å². The molecule has 0 aliphatic carbocycles. The van der Waals surface area contributed by atoms with Crippen LogP contribution in [0.5, 0.6) is 0 Å². The Balaban J connectivity index is 1.53. The number of aliphatic carboxylic acids is 1. The molecule has 2 aromatic heterocycles. The van der Waals surface area contributed by atoms with Gasteiger partial charge in [0.2, 0.25) is 6.41 Å². The van der Waals surface area contributed by atoms with Crippen LogP contribution in [0, 0.1) is 12.3 Å². The highest BCUT2D eigenvalue weighted by atomic mass is 32.2. The molecule has 2 aromatic rings. The van der Waals surface area contributed by atoms with Crippen LogP contribution in [-0.2, 0) is 24.0 Å². The standard InChI is InChI=1S/C23H18N6O6S2/c1-2-8-35-28-16(15-11-37-23(26-15)25-12-30)19(31)27-17-20(32)29-18(22(33)34)14(10-36-21(17)29)6-5-13-4-3-7-24-9-13/h1,3-7,9,11-12,17,21H,8,10H2,(H,27,31)(H,33,34)(H,25,26,30)/t17?,21-/m0/s1. The number of carboxylic acids is 1. The summed E-state index contributed by atoms with van der Waals surface area (Å²) in [7, 11) is 0. The van der Waals surface area contributed by atoms with Crippen LogP contribution in [0.25, 0.3) is 6.08 Å². The number of β-lactam (4-membered cyclic amide) rings is 1. The fraction of sp³-hybridized carbons (Fsp3) is 0.174. The maximum atomic E-state index is 13.0. The Labute approximate surface area is 218 Å². The first-order chi connectivity index (χ1) is 17.9. The average Bonchev–Trinajstić information content (AvgIpc) is 3.36. The lowest BCUT2D eigenvalue weighted by Gasteiger charge is -2.49. The number of carbonyl (C=O) groups is 4. The zero-order valence-electron chi connectivity index (χ0n) is 18.9. The summed E-state index contributed by atoms with van der Waals surface area (Å²) < 4.78 is 0. The minimum atomic E-state index is -1.25. The molecule has 3 N–H and O–H groups in total. The molecule has 2 aliphatic rings. The predicted octanol–water partition coefficient (Wildman–Crippen LogP) is 0.912. The van der Waals surface area contributed by atoms with Gasteiger partial charge in [0, 0.05) is 23.5 Å². The van der Waals surface area contributed by atoms with E-state index in [9.17, 15) is 24.3 Å². The summed E-state index contributed by atoms with van der Waals surface area (Å²) in [5.41, 5.74) is 0.928. The van der Waals surface area contributed by atoms with Crippen molar-refractivity contribution < 1.29 is 29.1 Å². The van der Waals surface area contributed by atoms with Gasteiger partial charge in [-0.15, -0.1) is 29.5 Å². The fourth-order valence-corrected chi connectivity index (χ4v) is 5.46. The van der Waals surface area contributed by atoms with E-state index in [0.29, 0.717) is 17.7 Å². The van der Waals surface area contributed by atoms with Gasteiger partial charge in [-0.1, -0.05) is 29.3 Å². The van der Waals surface area contributed by atoms with Crippen LogP contribution in [0.4, 0.5) is 5.13 Å². The van der Waals surface area contributed by atoms with Gasteiger partial charge in [-0.2, -0.15) is 0 Å². The molecule has 4 rings (SSSR count). The topological polar surface area (TPSA) is 163 Å². The number of oxime groups is 1. The lowest BCUT2D eigenvalue weighted by Crippen LogP contribution is -2.71. The Morgan fingerprint density at radius 1 is 1.41 bits per heavy atom. The predicted molar refractivity (Wildman–Crippen MR) is 136 cm³/mol. The zero-order valence-corrected chi connectivity index (χ0v) is 20.5. The molecule has 188 valence electrons. The van der Waals surface area contributed by atoms with Crippen molar-refractivity contribution in [2.45, 2.75) is 11.4 Å². The normalized spacial score (nSPS) is 19.1. The van der Waals surface area contributed by atoms with Crippen molar-refractivity contribution in [3.63, 3.8) is 0 Å². The van der Waals surface area contributed by atoms with Crippen LogP contribution in [-0.4, -0.2) is 73.7 Å². The quantitative estimate of drug-likeness (QED) is 0.0996. The van der Waals surface area contributed by atoms with Crippen LogP contribution >= 0.6 is 23.1 Å². The average molecular weight is 539 g/mol. The largest absolute Gasteiger partial charge is 0.477 e. The van der Waals surface area contributed by atoms with E-state index in [2.05, 4.69) is 31.7 Å². The van der Waals surface area contributed by atoms with Gasteiger partial charge in [-0.3, -0.25) is 24.3 Å². The van der Waals surface area contributed by atoms with E-state index in [1.165, 1.54) is 17.1 Å². The van der Waals surface area contributed by atoms with Gasteiger partial charge in [-0.25, -0.2) is 9.78 Å². The van der Waals surface area contributed by atoms with Crippen molar-refractivity contribution in [2.75, 3.05) is 17.7 Å². The van der Waals surface area contributed by atoms with E-state index < -0.39 is 29.2 Å². The van der Waals surface area contributed by atoms with Crippen molar-refractivity contribution in [1.29, 1.82) is 0 Å². The van der Waals surface area contributed by atoms with Gasteiger partial charge < -0.3 is 20.6 Å². The number of fused-ring (bicyclic) bond motifs is 1. The molecular formula is C23H18N6O6S2. The van der Waals surface area contributed by atoms with E-state index in [-0.39, 0.29) is 28.8 Å². The van der Waals surface area contributed by atoms with Crippen molar-refractivity contribution in [1.82, 2.24) is 20.2 Å². The maximum absolute atomic E-state index is 13.0. The number of hydrogen-bond donors (Lipinski definition) is 3. The van der Waals surface area contributed by atoms with E-state index in [4.69, 9.17) is 11.3 Å². The number of anilines is 1. The summed E-state index contributed by atoms with van der Waals surface area (Å²) >= 11 is 2.37. The number of thioether (sulfide) groups is 1. The van der Waals surface area contributed by atoms with Crippen LogP contribution in [0.2, 0.25) is 0 Å². The number of carbonyl (C=O) groups excluding carboxylic acids is 3. The molecule has 0 saturated carbocycles. The van der Waals surface area contributed by atoms with Gasteiger partial charge in [0.05, 0.1) is 0 Å². The summed E-state index contributed by atoms with van der Waals surface area (Å²) in [4.78, 5) is 63.0. The molecule has 2 aliphatic heterocycles. The number of nitrogens with zero attached hydrogens (tertiary/aromatic N) is 4. The van der Waals surface area contributed by atoms with Crippen molar-refractivity contribution in [3.8, 4) is 12.3 Å². The van der Waals surface area contributed by atoms with Gasteiger partial charge in [-0.05, 0) is 17.2 Å². The maximum Gasteiger partial charge on any atom is 0.352 e. The summed E-state index contributed by atoms with van der Waals surface area (Å²) in [5.74, 6) is -0.0926. The molecule has 0 aromatic carbocycles. The number of amides is 3. The molecule has 0 radical (unpaired) electrons. The molecule has 3 amide bonds. The number of thiazole rings is 1. The number of pyridine rings is 1. The van der Waals surface area contributed by atoms with E-state index in [1.807, 2.05) is 6.07 Å². The van der Waals surface area contributed by atoms with Crippen LogP contribution in [0.15, 0.2) is 52.4 Å². The monoisotopic (exact) mass is 538 g/mol. The highest BCUT2D eigenvalue weighted by Gasteiger charge is 2.54. The Kier molecular flexibility index (Phi) is 7.96. The molecule has 1 unspecified atom stereocenters. The highest BCUT2D eigenvalue weighted by molar-refractivity contribution is 8.00. The lowest BCUT2D eigenvalue weighted by atomic mass is 10.0. The van der Waals surface area contributed by atoms with E-state index >= 15 is 0 Å². The third kappa shape index (κ3) is 5.52. The Morgan fingerprint density at radius 2 is 2.24 bits per heavy atom. The first-order valence-electron chi connectivity index (χ1n) is 10.5.